The molecule has 2 aromatic rings. The maximum Gasteiger partial charge on any atom is 0.183 e. The Balaban J connectivity index is 2.92. The van der Waals surface area contributed by atoms with Gasteiger partial charge in [0, 0.05) is 5.39 Å². The smallest absolute Gasteiger partial charge is 0.183 e. The van der Waals surface area contributed by atoms with Crippen LogP contribution in [0.5, 0.6) is 0 Å². The highest BCUT2D eigenvalue weighted by Crippen LogP contribution is 2.30. The summed E-state index contributed by atoms with van der Waals surface area (Å²) in [5.74, 6) is 0. The average Bonchev–Trinajstić information content (AvgIpc) is 2.30. The first-order chi connectivity index (χ1) is 5.29. The van der Waals surface area contributed by atoms with Crippen LogP contribution >= 0.6 is 38.5 Å². The molecule has 0 N–H and O–H groups in total. The summed E-state index contributed by atoms with van der Waals surface area (Å²) in [5.41, 5.74) is 0.934. The van der Waals surface area contributed by atoms with Crippen LogP contribution in [-0.2, 0) is 0 Å². The van der Waals surface area contributed by atoms with Crippen LogP contribution < -0.4 is 0 Å². The molecule has 0 aliphatic carbocycles. The van der Waals surface area contributed by atoms with Crippen LogP contribution in [0.1, 0.15) is 0 Å². The first kappa shape index (κ1) is 7.61. The highest BCUT2D eigenvalue weighted by Gasteiger charge is 2.06. The molecule has 11 heavy (non-hydrogen) atoms. The summed E-state index contributed by atoms with van der Waals surface area (Å²) in [4.78, 5) is 0. The highest BCUT2D eigenvalue weighted by atomic mass is 127. The van der Waals surface area contributed by atoms with E-state index in [0.29, 0.717) is 0 Å². The van der Waals surface area contributed by atoms with Crippen LogP contribution in [0.15, 0.2) is 33.4 Å². The van der Waals surface area contributed by atoms with E-state index in [-0.39, 0.29) is 0 Å². The van der Waals surface area contributed by atoms with E-state index in [0.717, 1.165) is 13.8 Å². The highest BCUT2D eigenvalue weighted by molar-refractivity contribution is 14.1. The number of fused-ring (bicyclic) bond motifs is 1. The van der Waals surface area contributed by atoms with E-state index in [1.807, 2.05) is 24.3 Å². The fourth-order valence-corrected chi connectivity index (χ4v) is 1.93. The largest absolute Gasteiger partial charge is 0.448 e. The zero-order valence-electron chi connectivity index (χ0n) is 5.47. The van der Waals surface area contributed by atoms with Crippen molar-refractivity contribution in [2.45, 2.75) is 0 Å². The zero-order valence-corrected chi connectivity index (χ0v) is 9.22. The van der Waals surface area contributed by atoms with Crippen molar-refractivity contribution in [2.24, 2.45) is 0 Å². The summed E-state index contributed by atoms with van der Waals surface area (Å²) in [5, 5.41) is 1.17. The van der Waals surface area contributed by atoms with E-state index < -0.39 is 0 Å². The molecule has 0 unspecified atom stereocenters. The number of hydrogen-bond donors (Lipinski definition) is 0. The van der Waals surface area contributed by atoms with Crippen molar-refractivity contribution < 1.29 is 4.42 Å². The van der Waals surface area contributed by atoms with E-state index in [4.69, 9.17) is 4.42 Å². The molecule has 1 aromatic carbocycles. The number of halogens is 2. The van der Waals surface area contributed by atoms with Gasteiger partial charge in [-0.2, -0.15) is 0 Å². The van der Waals surface area contributed by atoms with Gasteiger partial charge in [-0.1, -0.05) is 18.2 Å². The molecule has 1 nitrogen and oxygen atoms in total. The second-order valence-electron chi connectivity index (χ2n) is 2.19. The van der Waals surface area contributed by atoms with Gasteiger partial charge in [0.25, 0.3) is 0 Å². The van der Waals surface area contributed by atoms with Crippen LogP contribution in [0.25, 0.3) is 11.0 Å². The van der Waals surface area contributed by atoms with Gasteiger partial charge in [-0.05, 0) is 44.6 Å². The Kier molecular flexibility index (Phi) is 1.93. The number of furan rings is 1. The minimum atomic E-state index is 0.819. The number of rotatable bonds is 0. The van der Waals surface area contributed by atoms with Crippen molar-refractivity contribution in [3.8, 4) is 0 Å². The SMILES string of the molecule is Brc1oc2ccccc2c1I. The van der Waals surface area contributed by atoms with Gasteiger partial charge < -0.3 is 4.42 Å². The molecule has 2 rings (SSSR count). The lowest BCUT2D eigenvalue weighted by Crippen LogP contribution is -1.64. The molecule has 1 heterocycles. The van der Waals surface area contributed by atoms with E-state index >= 15 is 0 Å². The Hall–Kier alpha value is -0.0300. The molecule has 0 atom stereocenters. The summed E-state index contributed by atoms with van der Waals surface area (Å²) in [6.07, 6.45) is 0. The Morgan fingerprint density at radius 3 is 2.73 bits per heavy atom. The predicted octanol–water partition coefficient (Wildman–Crippen LogP) is 3.80. The van der Waals surface area contributed by atoms with E-state index in [2.05, 4.69) is 38.5 Å². The van der Waals surface area contributed by atoms with Gasteiger partial charge in [0.15, 0.2) is 4.67 Å². The van der Waals surface area contributed by atoms with E-state index in [9.17, 15) is 0 Å². The first-order valence-electron chi connectivity index (χ1n) is 3.11. The Labute approximate surface area is 86.0 Å². The van der Waals surface area contributed by atoms with Gasteiger partial charge in [-0.25, -0.2) is 0 Å². The summed E-state index contributed by atoms with van der Waals surface area (Å²) in [7, 11) is 0. The van der Waals surface area contributed by atoms with Crippen LogP contribution in [0, 0.1) is 3.57 Å². The van der Waals surface area contributed by atoms with Gasteiger partial charge in [-0.15, -0.1) is 0 Å². The second-order valence-corrected chi connectivity index (χ2v) is 3.98. The third kappa shape index (κ3) is 1.20. The standard InChI is InChI=1S/C8H4BrIO/c9-8-7(10)5-3-1-2-4-6(5)11-8/h1-4H. The quantitative estimate of drug-likeness (QED) is 0.672. The van der Waals surface area contributed by atoms with Crippen LogP contribution in [0.3, 0.4) is 0 Å². The zero-order chi connectivity index (χ0) is 7.84. The molecule has 0 bridgehead atoms. The minimum absolute atomic E-state index is 0.819. The first-order valence-corrected chi connectivity index (χ1v) is 4.99. The molecule has 0 aliphatic heterocycles. The summed E-state index contributed by atoms with van der Waals surface area (Å²) in [6, 6.07) is 7.98. The van der Waals surface area contributed by atoms with E-state index in [1.165, 1.54) is 5.39 Å². The van der Waals surface area contributed by atoms with Crippen molar-refractivity contribution in [3.63, 3.8) is 0 Å². The fraction of sp³-hybridized carbons (Fsp3) is 0. The van der Waals surface area contributed by atoms with Crippen molar-refractivity contribution in [1.82, 2.24) is 0 Å². The van der Waals surface area contributed by atoms with Crippen molar-refractivity contribution in [1.29, 1.82) is 0 Å². The lowest BCUT2D eigenvalue weighted by Gasteiger charge is -1.83. The van der Waals surface area contributed by atoms with Gasteiger partial charge in [0.05, 0.1) is 3.57 Å². The lowest BCUT2D eigenvalue weighted by atomic mass is 10.3. The second kappa shape index (κ2) is 2.79. The van der Waals surface area contributed by atoms with Gasteiger partial charge in [-0.3, -0.25) is 0 Å². The molecule has 0 aliphatic rings. The molecule has 0 amide bonds. The number of para-hydroxylation sites is 1. The lowest BCUT2D eigenvalue weighted by molar-refractivity contribution is 0.584. The maximum atomic E-state index is 5.41. The molecule has 0 fully saturated rings. The van der Waals surface area contributed by atoms with Gasteiger partial charge >= 0.3 is 0 Å². The maximum absolute atomic E-state index is 5.41. The molecule has 0 saturated heterocycles. The summed E-state index contributed by atoms with van der Waals surface area (Å²) in [6.45, 7) is 0. The van der Waals surface area contributed by atoms with Crippen molar-refractivity contribution >= 4 is 49.5 Å². The molecule has 0 saturated carbocycles. The Morgan fingerprint density at radius 2 is 2.00 bits per heavy atom. The van der Waals surface area contributed by atoms with Crippen LogP contribution in [0.2, 0.25) is 0 Å². The van der Waals surface area contributed by atoms with E-state index in [1.54, 1.807) is 0 Å². The monoisotopic (exact) mass is 322 g/mol. The molecule has 1 aromatic heterocycles. The topological polar surface area (TPSA) is 13.1 Å². The molecular formula is C8H4BrIO. The van der Waals surface area contributed by atoms with Crippen molar-refractivity contribution in [2.75, 3.05) is 0 Å². The van der Waals surface area contributed by atoms with Gasteiger partial charge in [0.1, 0.15) is 5.58 Å². The molecule has 56 valence electrons. The third-order valence-corrected chi connectivity index (χ3v) is 3.87. The molecule has 0 radical (unpaired) electrons. The number of hydrogen-bond acceptors (Lipinski definition) is 1. The fourth-order valence-electron chi connectivity index (χ4n) is 0.984. The average molecular weight is 323 g/mol. The van der Waals surface area contributed by atoms with Crippen molar-refractivity contribution in [3.05, 3.63) is 32.5 Å². The normalized spacial score (nSPS) is 10.7. The Morgan fingerprint density at radius 1 is 1.27 bits per heavy atom. The third-order valence-electron chi connectivity index (χ3n) is 1.50. The Bertz CT molecular complexity index is 394. The molecular weight excluding hydrogens is 319 g/mol. The van der Waals surface area contributed by atoms with Crippen LogP contribution in [-0.4, -0.2) is 0 Å². The molecule has 0 spiro atoms. The van der Waals surface area contributed by atoms with Gasteiger partial charge in [0.2, 0.25) is 0 Å². The number of benzene rings is 1. The minimum Gasteiger partial charge on any atom is -0.448 e. The summed E-state index contributed by atoms with van der Waals surface area (Å²) < 4.78 is 7.36. The summed E-state index contributed by atoms with van der Waals surface area (Å²) >= 11 is 5.59. The predicted molar refractivity (Wildman–Crippen MR) is 56.6 cm³/mol. The molecule has 3 heteroatoms. The van der Waals surface area contributed by atoms with Crippen LogP contribution in [0.4, 0.5) is 0 Å².